The summed E-state index contributed by atoms with van der Waals surface area (Å²) in [7, 11) is 0. The van der Waals surface area contributed by atoms with Crippen molar-refractivity contribution >= 4 is 11.6 Å². The highest BCUT2D eigenvalue weighted by Crippen LogP contribution is 2.28. The highest BCUT2D eigenvalue weighted by atomic mass is 16.1. The minimum atomic E-state index is 0.110. The first kappa shape index (κ1) is 14.1. The average Bonchev–Trinajstić information content (AvgIpc) is 2.45. The fourth-order valence-electron chi connectivity index (χ4n) is 2.61. The zero-order valence-electron chi connectivity index (χ0n) is 11.7. The number of hydrogen-bond donors (Lipinski definition) is 2. The predicted molar refractivity (Wildman–Crippen MR) is 79.2 cm³/mol. The number of anilines is 1. The smallest absolute Gasteiger partial charge is 0.224 e. The van der Waals surface area contributed by atoms with Gasteiger partial charge in [-0.05, 0) is 61.8 Å². The first-order valence-electron chi connectivity index (χ1n) is 7.31. The van der Waals surface area contributed by atoms with Gasteiger partial charge < -0.3 is 11.1 Å². The number of nitrogens with two attached hydrogens (primary N) is 1. The van der Waals surface area contributed by atoms with Gasteiger partial charge in [0.05, 0.1) is 0 Å². The zero-order valence-corrected chi connectivity index (χ0v) is 11.7. The summed E-state index contributed by atoms with van der Waals surface area (Å²) >= 11 is 0. The number of fused-ring (bicyclic) bond motifs is 1. The lowest BCUT2D eigenvalue weighted by Gasteiger charge is -2.19. The molecule has 1 aromatic rings. The number of carbonyl (C=O) groups is 1. The van der Waals surface area contributed by atoms with Crippen LogP contribution in [-0.2, 0) is 17.6 Å². The number of carbonyl (C=O) groups excluding carboxylic acids is 1. The van der Waals surface area contributed by atoms with Gasteiger partial charge in [0.1, 0.15) is 0 Å². The Morgan fingerprint density at radius 3 is 2.95 bits per heavy atom. The van der Waals surface area contributed by atoms with Gasteiger partial charge in [-0.15, -0.1) is 0 Å². The van der Waals surface area contributed by atoms with Gasteiger partial charge in [0.2, 0.25) is 5.91 Å². The highest BCUT2D eigenvalue weighted by Gasteiger charge is 2.14. The van der Waals surface area contributed by atoms with E-state index in [2.05, 4.69) is 18.3 Å². The minimum absolute atomic E-state index is 0.110. The van der Waals surface area contributed by atoms with E-state index >= 15 is 0 Å². The van der Waals surface area contributed by atoms with E-state index in [9.17, 15) is 4.79 Å². The van der Waals surface area contributed by atoms with Crippen LogP contribution in [0.15, 0.2) is 18.2 Å². The second-order valence-electron chi connectivity index (χ2n) is 5.58. The van der Waals surface area contributed by atoms with Crippen LogP contribution >= 0.6 is 0 Å². The van der Waals surface area contributed by atoms with Crippen LogP contribution in [0.25, 0.3) is 0 Å². The summed E-state index contributed by atoms with van der Waals surface area (Å²) in [4.78, 5) is 12.0. The molecular formula is C16H24N2O. The average molecular weight is 260 g/mol. The first-order valence-corrected chi connectivity index (χ1v) is 7.31. The molecule has 3 N–H and O–H groups in total. The van der Waals surface area contributed by atoms with E-state index in [1.54, 1.807) is 0 Å². The van der Waals surface area contributed by atoms with Crippen LogP contribution in [0.4, 0.5) is 5.69 Å². The molecule has 1 aliphatic rings. The van der Waals surface area contributed by atoms with Crippen LogP contribution in [0.5, 0.6) is 0 Å². The molecule has 0 saturated heterocycles. The van der Waals surface area contributed by atoms with Crippen LogP contribution in [0.1, 0.15) is 43.7 Å². The standard InChI is InChI=1S/C16H24N2O/c1-12(11-17)9-10-16(19)18-15-8-4-6-13-5-2-3-7-14(13)15/h4,6,8,12H,2-3,5,7,9-11,17H2,1H3,(H,18,19). The SMILES string of the molecule is CC(CN)CCC(=O)Nc1cccc2c1CCCC2. The molecular weight excluding hydrogens is 236 g/mol. The van der Waals surface area contributed by atoms with Crippen molar-refractivity contribution in [3.8, 4) is 0 Å². The van der Waals surface area contributed by atoms with Crippen molar-refractivity contribution in [2.24, 2.45) is 11.7 Å². The lowest BCUT2D eigenvalue weighted by molar-refractivity contribution is -0.116. The third kappa shape index (κ3) is 3.80. The second kappa shape index (κ2) is 6.71. The van der Waals surface area contributed by atoms with Gasteiger partial charge in [-0.2, -0.15) is 0 Å². The molecule has 0 aliphatic heterocycles. The summed E-state index contributed by atoms with van der Waals surface area (Å²) in [5.41, 5.74) is 9.33. The van der Waals surface area contributed by atoms with Crippen molar-refractivity contribution in [1.82, 2.24) is 0 Å². The molecule has 3 nitrogen and oxygen atoms in total. The van der Waals surface area contributed by atoms with Gasteiger partial charge in [-0.1, -0.05) is 19.1 Å². The van der Waals surface area contributed by atoms with Crippen LogP contribution in [-0.4, -0.2) is 12.5 Å². The van der Waals surface area contributed by atoms with Crippen LogP contribution < -0.4 is 11.1 Å². The number of benzene rings is 1. The van der Waals surface area contributed by atoms with Crippen molar-refractivity contribution < 1.29 is 4.79 Å². The minimum Gasteiger partial charge on any atom is -0.330 e. The molecule has 1 aromatic carbocycles. The van der Waals surface area contributed by atoms with Crippen LogP contribution in [0.3, 0.4) is 0 Å². The van der Waals surface area contributed by atoms with E-state index in [1.165, 1.54) is 24.0 Å². The molecule has 0 bridgehead atoms. The quantitative estimate of drug-likeness (QED) is 0.855. The third-order valence-electron chi connectivity index (χ3n) is 3.94. The van der Waals surface area contributed by atoms with E-state index < -0.39 is 0 Å². The molecule has 0 heterocycles. The summed E-state index contributed by atoms with van der Waals surface area (Å²) < 4.78 is 0. The number of amides is 1. The van der Waals surface area contributed by atoms with Gasteiger partial charge in [0.25, 0.3) is 0 Å². The number of nitrogens with one attached hydrogen (secondary N) is 1. The molecule has 2 rings (SSSR count). The molecule has 0 saturated carbocycles. The maximum Gasteiger partial charge on any atom is 0.224 e. The molecule has 1 atom stereocenters. The molecule has 19 heavy (non-hydrogen) atoms. The topological polar surface area (TPSA) is 55.1 Å². The number of rotatable bonds is 5. The molecule has 0 spiro atoms. The molecule has 104 valence electrons. The number of hydrogen-bond acceptors (Lipinski definition) is 2. The predicted octanol–water partition coefficient (Wildman–Crippen LogP) is 2.88. The lowest BCUT2D eigenvalue weighted by Crippen LogP contribution is -2.18. The molecule has 0 fully saturated rings. The second-order valence-corrected chi connectivity index (χ2v) is 5.58. The number of aryl methyl sites for hydroxylation is 1. The van der Waals surface area contributed by atoms with Gasteiger partial charge in [0.15, 0.2) is 0 Å². The Labute approximate surface area is 115 Å². The Hall–Kier alpha value is -1.35. The Bertz CT molecular complexity index is 442. The summed E-state index contributed by atoms with van der Waals surface area (Å²) in [5, 5.41) is 3.07. The van der Waals surface area contributed by atoms with Crippen LogP contribution in [0, 0.1) is 5.92 Å². The molecule has 3 heteroatoms. The van der Waals surface area contributed by atoms with Gasteiger partial charge in [-0.25, -0.2) is 0 Å². The summed E-state index contributed by atoms with van der Waals surface area (Å²) in [5.74, 6) is 0.523. The molecule has 1 amide bonds. The fourth-order valence-corrected chi connectivity index (χ4v) is 2.61. The lowest BCUT2D eigenvalue weighted by atomic mass is 9.90. The van der Waals surface area contributed by atoms with E-state index in [0.717, 1.165) is 24.9 Å². The van der Waals surface area contributed by atoms with Crippen LogP contribution in [0.2, 0.25) is 0 Å². The highest BCUT2D eigenvalue weighted by molar-refractivity contribution is 5.91. The van der Waals surface area contributed by atoms with E-state index in [4.69, 9.17) is 5.73 Å². The Balaban J connectivity index is 1.97. The van der Waals surface area contributed by atoms with Gasteiger partial charge in [-0.3, -0.25) is 4.79 Å². The zero-order chi connectivity index (χ0) is 13.7. The van der Waals surface area contributed by atoms with Crippen molar-refractivity contribution in [1.29, 1.82) is 0 Å². The van der Waals surface area contributed by atoms with Crippen molar-refractivity contribution in [2.45, 2.75) is 45.4 Å². The molecule has 1 aliphatic carbocycles. The monoisotopic (exact) mass is 260 g/mol. The Morgan fingerprint density at radius 1 is 1.37 bits per heavy atom. The fraction of sp³-hybridized carbons (Fsp3) is 0.562. The van der Waals surface area contributed by atoms with E-state index in [-0.39, 0.29) is 5.91 Å². The molecule has 0 aromatic heterocycles. The van der Waals surface area contributed by atoms with Gasteiger partial charge >= 0.3 is 0 Å². The maximum atomic E-state index is 12.0. The van der Waals surface area contributed by atoms with Gasteiger partial charge in [0, 0.05) is 12.1 Å². The Morgan fingerprint density at radius 2 is 2.16 bits per heavy atom. The summed E-state index contributed by atoms with van der Waals surface area (Å²) in [6.45, 7) is 2.73. The summed E-state index contributed by atoms with van der Waals surface area (Å²) in [6.07, 6.45) is 6.14. The first-order chi connectivity index (χ1) is 9.20. The molecule has 0 radical (unpaired) electrons. The van der Waals surface area contributed by atoms with E-state index in [1.807, 2.05) is 12.1 Å². The normalized spacial score (nSPS) is 15.7. The third-order valence-corrected chi connectivity index (χ3v) is 3.94. The van der Waals surface area contributed by atoms with E-state index in [0.29, 0.717) is 18.9 Å². The molecule has 1 unspecified atom stereocenters. The van der Waals surface area contributed by atoms with Crippen molar-refractivity contribution in [3.05, 3.63) is 29.3 Å². The maximum absolute atomic E-state index is 12.0. The largest absolute Gasteiger partial charge is 0.330 e. The summed E-state index contributed by atoms with van der Waals surface area (Å²) in [6, 6.07) is 6.25. The van der Waals surface area contributed by atoms with Crippen molar-refractivity contribution in [2.75, 3.05) is 11.9 Å². The Kier molecular flexibility index (Phi) is 4.97. The van der Waals surface area contributed by atoms with Crippen molar-refractivity contribution in [3.63, 3.8) is 0 Å².